The molecule has 0 unspecified atom stereocenters. The molecule has 17 heavy (non-hydrogen) atoms. The number of rotatable bonds is 1. The molecule has 0 amide bonds. The Morgan fingerprint density at radius 1 is 1.18 bits per heavy atom. The third-order valence-electron chi connectivity index (χ3n) is 4.82. The lowest BCUT2D eigenvalue weighted by atomic mass is 10.0. The first-order valence-electron chi connectivity index (χ1n) is 6.08. The number of hydrogen-bond donors (Lipinski definition) is 1. The molecule has 1 aliphatic carbocycles. The number of nitrogens with two attached hydrogens (primary N) is 1. The van der Waals surface area contributed by atoms with Gasteiger partial charge < -0.3 is 10.3 Å². The van der Waals surface area contributed by atoms with Crippen molar-refractivity contribution in [3.63, 3.8) is 0 Å². The summed E-state index contributed by atoms with van der Waals surface area (Å²) in [7, 11) is 0. The maximum atomic E-state index is 5.78. The topological polar surface area (TPSA) is 43.8 Å². The largest absolute Gasteiger partial charge is 0.399 e. The molecular formula is C14H19N3. The van der Waals surface area contributed by atoms with Gasteiger partial charge in [0.25, 0.3) is 0 Å². The Balaban J connectivity index is 2.15. The van der Waals surface area contributed by atoms with E-state index in [1.54, 1.807) is 0 Å². The first-order chi connectivity index (χ1) is 7.85. The summed E-state index contributed by atoms with van der Waals surface area (Å²) in [6, 6.07) is 6.47. The summed E-state index contributed by atoms with van der Waals surface area (Å²) in [5.41, 5.74) is 9.37. The molecule has 1 saturated carbocycles. The van der Waals surface area contributed by atoms with Crippen LogP contribution in [0.3, 0.4) is 0 Å². The maximum absolute atomic E-state index is 5.78. The van der Waals surface area contributed by atoms with Crippen molar-refractivity contribution in [2.45, 2.75) is 33.7 Å². The highest BCUT2D eigenvalue weighted by Crippen LogP contribution is 2.71. The van der Waals surface area contributed by atoms with Gasteiger partial charge in [-0.15, -0.1) is 0 Å². The zero-order valence-electron chi connectivity index (χ0n) is 10.9. The fourth-order valence-electron chi connectivity index (χ4n) is 3.11. The van der Waals surface area contributed by atoms with Crippen LogP contribution in [0.25, 0.3) is 11.0 Å². The first kappa shape index (κ1) is 10.6. The summed E-state index contributed by atoms with van der Waals surface area (Å²) in [4.78, 5) is 4.45. The number of benzene rings is 1. The van der Waals surface area contributed by atoms with Crippen molar-refractivity contribution in [3.05, 3.63) is 24.5 Å². The van der Waals surface area contributed by atoms with E-state index in [4.69, 9.17) is 5.73 Å². The van der Waals surface area contributed by atoms with E-state index in [1.165, 1.54) is 5.52 Å². The van der Waals surface area contributed by atoms with Gasteiger partial charge in [-0.3, -0.25) is 0 Å². The molecule has 0 radical (unpaired) electrons. The van der Waals surface area contributed by atoms with Gasteiger partial charge in [0.15, 0.2) is 0 Å². The average molecular weight is 229 g/mol. The van der Waals surface area contributed by atoms with Crippen LogP contribution in [0.4, 0.5) is 5.69 Å². The Hall–Kier alpha value is -1.51. The van der Waals surface area contributed by atoms with E-state index < -0.39 is 0 Å². The zero-order chi connectivity index (χ0) is 12.4. The maximum Gasteiger partial charge on any atom is 0.0961 e. The van der Waals surface area contributed by atoms with Crippen LogP contribution in [0.5, 0.6) is 0 Å². The van der Waals surface area contributed by atoms with Crippen molar-refractivity contribution < 1.29 is 0 Å². The Kier molecular flexibility index (Phi) is 1.77. The quantitative estimate of drug-likeness (QED) is 0.763. The van der Waals surface area contributed by atoms with E-state index in [9.17, 15) is 0 Å². The van der Waals surface area contributed by atoms with Crippen molar-refractivity contribution in [3.8, 4) is 0 Å². The highest BCUT2D eigenvalue weighted by molar-refractivity contribution is 5.79. The molecule has 1 aliphatic rings. The lowest BCUT2D eigenvalue weighted by Crippen LogP contribution is -1.98. The average Bonchev–Trinajstić information content (AvgIpc) is 2.58. The molecule has 3 rings (SSSR count). The first-order valence-corrected chi connectivity index (χ1v) is 6.08. The SMILES string of the molecule is CC1(C)C(n2cnc3cc(N)ccc32)C1(C)C. The molecule has 0 spiro atoms. The molecule has 90 valence electrons. The molecule has 0 aliphatic heterocycles. The smallest absolute Gasteiger partial charge is 0.0961 e. The van der Waals surface area contributed by atoms with Crippen LogP contribution < -0.4 is 5.73 Å². The van der Waals surface area contributed by atoms with Crippen LogP contribution in [0.15, 0.2) is 24.5 Å². The van der Waals surface area contributed by atoms with Gasteiger partial charge in [0, 0.05) is 11.7 Å². The number of fused-ring (bicyclic) bond motifs is 1. The second-order valence-corrected chi connectivity index (χ2v) is 6.25. The molecule has 0 saturated heterocycles. The van der Waals surface area contributed by atoms with Gasteiger partial charge in [0.2, 0.25) is 0 Å². The van der Waals surface area contributed by atoms with E-state index in [1.807, 2.05) is 18.5 Å². The Morgan fingerprint density at radius 2 is 1.82 bits per heavy atom. The minimum absolute atomic E-state index is 0.321. The van der Waals surface area contributed by atoms with Crippen LogP contribution in [-0.4, -0.2) is 9.55 Å². The van der Waals surface area contributed by atoms with Crippen molar-refractivity contribution >= 4 is 16.7 Å². The molecular weight excluding hydrogens is 210 g/mol. The predicted octanol–water partition coefficient (Wildman–Crippen LogP) is 3.23. The van der Waals surface area contributed by atoms with Gasteiger partial charge in [0.1, 0.15) is 0 Å². The number of imidazole rings is 1. The van der Waals surface area contributed by atoms with E-state index >= 15 is 0 Å². The van der Waals surface area contributed by atoms with Gasteiger partial charge in [-0.05, 0) is 29.0 Å². The third-order valence-corrected chi connectivity index (χ3v) is 4.82. The number of anilines is 1. The molecule has 1 heterocycles. The standard InChI is InChI=1S/C14H19N3/c1-13(2)12(14(13,3)4)17-8-16-10-7-9(15)5-6-11(10)17/h5-8,12H,15H2,1-4H3. The van der Waals surface area contributed by atoms with Gasteiger partial charge in [0.05, 0.1) is 17.4 Å². The fourth-order valence-corrected chi connectivity index (χ4v) is 3.11. The molecule has 2 N–H and O–H groups in total. The molecule has 1 aromatic heterocycles. The van der Waals surface area contributed by atoms with Gasteiger partial charge in [-0.1, -0.05) is 27.7 Å². The van der Waals surface area contributed by atoms with Gasteiger partial charge in [-0.2, -0.15) is 0 Å². The van der Waals surface area contributed by atoms with Crippen molar-refractivity contribution in [2.24, 2.45) is 10.8 Å². The van der Waals surface area contributed by atoms with E-state index in [0.717, 1.165) is 11.2 Å². The van der Waals surface area contributed by atoms with E-state index in [-0.39, 0.29) is 0 Å². The van der Waals surface area contributed by atoms with E-state index in [2.05, 4.69) is 43.3 Å². The number of aromatic nitrogens is 2. The lowest BCUT2D eigenvalue weighted by Gasteiger charge is -2.06. The van der Waals surface area contributed by atoms with Crippen LogP contribution in [0, 0.1) is 10.8 Å². The second kappa shape index (κ2) is 2.84. The van der Waals surface area contributed by atoms with Gasteiger partial charge in [-0.25, -0.2) is 4.98 Å². The summed E-state index contributed by atoms with van der Waals surface area (Å²) >= 11 is 0. The highest BCUT2D eigenvalue weighted by Gasteiger charge is 2.66. The van der Waals surface area contributed by atoms with Crippen LogP contribution >= 0.6 is 0 Å². The summed E-state index contributed by atoms with van der Waals surface area (Å²) in [5, 5.41) is 0. The normalized spacial score (nSPS) is 21.9. The number of hydrogen-bond acceptors (Lipinski definition) is 2. The Bertz CT molecular complexity index is 579. The molecule has 2 aromatic rings. The Morgan fingerprint density at radius 3 is 2.41 bits per heavy atom. The van der Waals surface area contributed by atoms with E-state index in [0.29, 0.717) is 16.9 Å². The molecule has 1 fully saturated rings. The molecule has 3 heteroatoms. The fraction of sp³-hybridized carbons (Fsp3) is 0.500. The van der Waals surface area contributed by atoms with Crippen molar-refractivity contribution in [1.29, 1.82) is 0 Å². The zero-order valence-corrected chi connectivity index (χ0v) is 10.9. The molecule has 0 bridgehead atoms. The summed E-state index contributed by atoms with van der Waals surface area (Å²) in [6.07, 6.45) is 1.95. The summed E-state index contributed by atoms with van der Waals surface area (Å²) in [5.74, 6) is 0. The summed E-state index contributed by atoms with van der Waals surface area (Å²) < 4.78 is 2.30. The summed E-state index contributed by atoms with van der Waals surface area (Å²) in [6.45, 7) is 9.28. The van der Waals surface area contributed by atoms with Crippen LogP contribution in [0.1, 0.15) is 33.7 Å². The van der Waals surface area contributed by atoms with Gasteiger partial charge >= 0.3 is 0 Å². The van der Waals surface area contributed by atoms with Crippen molar-refractivity contribution in [1.82, 2.24) is 9.55 Å². The predicted molar refractivity (Wildman–Crippen MR) is 70.7 cm³/mol. The minimum atomic E-state index is 0.321. The molecule has 3 nitrogen and oxygen atoms in total. The minimum Gasteiger partial charge on any atom is -0.399 e. The van der Waals surface area contributed by atoms with Crippen LogP contribution in [-0.2, 0) is 0 Å². The highest BCUT2D eigenvalue weighted by atomic mass is 15.2. The number of nitrogens with zero attached hydrogens (tertiary/aromatic N) is 2. The Labute approximate surface area is 102 Å². The number of nitrogen functional groups attached to an aromatic ring is 1. The lowest BCUT2D eigenvalue weighted by molar-refractivity contribution is 0.457. The van der Waals surface area contributed by atoms with Crippen molar-refractivity contribution in [2.75, 3.05) is 5.73 Å². The monoisotopic (exact) mass is 229 g/mol. The molecule has 1 aromatic carbocycles. The third kappa shape index (κ3) is 1.20. The second-order valence-electron chi connectivity index (χ2n) is 6.25. The van der Waals surface area contributed by atoms with Crippen LogP contribution in [0.2, 0.25) is 0 Å². The molecule has 0 atom stereocenters.